The van der Waals surface area contributed by atoms with Crippen LogP contribution in [0.3, 0.4) is 0 Å². The Balaban J connectivity index is 1.30. The molecular weight excluding hydrogens is 414 g/mol. The molecular formula is C23H27N3O4S. The Hall–Kier alpha value is -2.87. The highest BCUT2D eigenvalue weighted by molar-refractivity contribution is 7.99. The predicted molar refractivity (Wildman–Crippen MR) is 119 cm³/mol. The summed E-state index contributed by atoms with van der Waals surface area (Å²) in [6, 6.07) is 15.7. The Morgan fingerprint density at radius 1 is 0.935 bits per heavy atom. The van der Waals surface area contributed by atoms with Gasteiger partial charge in [0.1, 0.15) is 12.4 Å². The van der Waals surface area contributed by atoms with Gasteiger partial charge >= 0.3 is 12.1 Å². The number of benzene rings is 2. The number of rotatable bonds is 3. The van der Waals surface area contributed by atoms with Crippen molar-refractivity contribution < 1.29 is 19.1 Å². The van der Waals surface area contributed by atoms with Crippen LogP contribution in [0.25, 0.3) is 0 Å². The minimum Gasteiger partial charge on any atom is -0.497 e. The highest BCUT2D eigenvalue weighted by Gasteiger charge is 2.29. The number of hydrogen-bond acceptors (Lipinski definition) is 5. The number of thioether (sulfide) groups is 1. The molecule has 3 amide bonds. The molecule has 7 nitrogen and oxygen atoms in total. The lowest BCUT2D eigenvalue weighted by molar-refractivity contribution is 0.0714. The minimum atomic E-state index is -0.330. The average molecular weight is 442 g/mol. The fourth-order valence-corrected chi connectivity index (χ4v) is 4.76. The van der Waals surface area contributed by atoms with Gasteiger partial charge in [0.25, 0.3) is 0 Å². The number of hydrogen-bond donors (Lipinski definition) is 0. The number of urea groups is 1. The normalized spacial score (nSPS) is 16.4. The molecule has 164 valence electrons. The van der Waals surface area contributed by atoms with Crippen LogP contribution in [0, 0.1) is 0 Å². The first kappa shape index (κ1) is 21.4. The lowest BCUT2D eigenvalue weighted by atomic mass is 10.2. The van der Waals surface area contributed by atoms with Gasteiger partial charge in [-0.2, -0.15) is 0 Å². The summed E-state index contributed by atoms with van der Waals surface area (Å²) in [7, 11) is 1.65. The second-order valence-electron chi connectivity index (χ2n) is 7.54. The Morgan fingerprint density at radius 3 is 2.42 bits per heavy atom. The molecule has 0 radical (unpaired) electrons. The molecule has 0 aliphatic carbocycles. The summed E-state index contributed by atoms with van der Waals surface area (Å²) in [5.41, 5.74) is 2.07. The van der Waals surface area contributed by atoms with Crippen LogP contribution in [0.15, 0.2) is 53.4 Å². The Kier molecular flexibility index (Phi) is 6.86. The second kappa shape index (κ2) is 9.96. The molecule has 0 saturated carbocycles. The standard InChI is InChI=1S/C23H27N3O4S/c1-29-20-7-8-21-19(15-20)16-26(13-14-31-21)22(27)24-9-11-25(12-10-24)23(28)30-17-18-5-3-2-4-6-18/h2-8,15H,9-14,16-17H2,1H3. The maximum atomic E-state index is 13.1. The maximum Gasteiger partial charge on any atom is 0.410 e. The fraction of sp³-hybridized carbons (Fsp3) is 0.391. The third-order valence-corrected chi connectivity index (χ3v) is 6.63. The number of nitrogens with zero attached hydrogens (tertiary/aromatic N) is 3. The maximum absolute atomic E-state index is 13.1. The van der Waals surface area contributed by atoms with E-state index < -0.39 is 0 Å². The first-order chi connectivity index (χ1) is 15.1. The highest BCUT2D eigenvalue weighted by Crippen LogP contribution is 2.30. The van der Waals surface area contributed by atoms with Crippen molar-refractivity contribution in [2.45, 2.75) is 18.0 Å². The van der Waals surface area contributed by atoms with Gasteiger partial charge in [-0.05, 0) is 29.3 Å². The van der Waals surface area contributed by atoms with Gasteiger partial charge in [-0.25, -0.2) is 9.59 Å². The summed E-state index contributed by atoms with van der Waals surface area (Å²) < 4.78 is 10.8. The van der Waals surface area contributed by atoms with E-state index in [4.69, 9.17) is 9.47 Å². The zero-order valence-electron chi connectivity index (χ0n) is 17.7. The van der Waals surface area contributed by atoms with Gasteiger partial charge in [-0.1, -0.05) is 30.3 Å². The van der Waals surface area contributed by atoms with E-state index in [1.807, 2.05) is 52.3 Å². The van der Waals surface area contributed by atoms with Gasteiger partial charge in [0.2, 0.25) is 0 Å². The zero-order chi connectivity index (χ0) is 21.6. The number of fused-ring (bicyclic) bond motifs is 1. The molecule has 8 heteroatoms. The number of ether oxygens (including phenoxy) is 2. The highest BCUT2D eigenvalue weighted by atomic mass is 32.2. The van der Waals surface area contributed by atoms with Crippen LogP contribution >= 0.6 is 11.8 Å². The van der Waals surface area contributed by atoms with Crippen molar-refractivity contribution in [3.63, 3.8) is 0 Å². The summed E-state index contributed by atoms with van der Waals surface area (Å²) in [5.74, 6) is 1.66. The van der Waals surface area contributed by atoms with E-state index in [1.54, 1.807) is 23.8 Å². The van der Waals surface area contributed by atoms with Gasteiger partial charge < -0.3 is 24.2 Å². The third kappa shape index (κ3) is 5.25. The van der Waals surface area contributed by atoms with Crippen LogP contribution in [0.5, 0.6) is 5.75 Å². The summed E-state index contributed by atoms with van der Waals surface area (Å²) in [6.45, 7) is 3.49. The smallest absolute Gasteiger partial charge is 0.410 e. The molecule has 0 atom stereocenters. The third-order valence-electron chi connectivity index (χ3n) is 5.53. The van der Waals surface area contributed by atoms with Crippen molar-refractivity contribution in [3.8, 4) is 5.75 Å². The van der Waals surface area contributed by atoms with Crippen LogP contribution in [0.4, 0.5) is 9.59 Å². The van der Waals surface area contributed by atoms with E-state index in [2.05, 4.69) is 6.07 Å². The second-order valence-corrected chi connectivity index (χ2v) is 8.68. The fourth-order valence-electron chi connectivity index (χ4n) is 3.75. The molecule has 0 N–H and O–H groups in total. The van der Waals surface area contributed by atoms with Crippen LogP contribution in [0.1, 0.15) is 11.1 Å². The Bertz CT molecular complexity index is 916. The molecule has 0 bridgehead atoms. The van der Waals surface area contributed by atoms with Crippen LogP contribution in [-0.4, -0.2) is 72.4 Å². The molecule has 0 unspecified atom stereocenters. The number of methoxy groups -OCH3 is 1. The summed E-state index contributed by atoms with van der Waals surface area (Å²) in [6.07, 6.45) is -0.330. The van der Waals surface area contributed by atoms with Crippen molar-refractivity contribution in [1.29, 1.82) is 0 Å². The molecule has 2 aromatic carbocycles. The van der Waals surface area contributed by atoms with Crippen molar-refractivity contribution in [2.24, 2.45) is 0 Å². The van der Waals surface area contributed by atoms with Gasteiger partial charge in [0, 0.05) is 49.9 Å². The van der Waals surface area contributed by atoms with Crippen molar-refractivity contribution in [3.05, 3.63) is 59.7 Å². The lowest BCUT2D eigenvalue weighted by Crippen LogP contribution is -2.54. The summed E-state index contributed by atoms with van der Waals surface area (Å²) in [4.78, 5) is 32.1. The first-order valence-electron chi connectivity index (χ1n) is 10.4. The van der Waals surface area contributed by atoms with Crippen LogP contribution in [-0.2, 0) is 17.9 Å². The van der Waals surface area contributed by atoms with E-state index >= 15 is 0 Å². The van der Waals surface area contributed by atoms with Gasteiger partial charge in [0.15, 0.2) is 0 Å². The predicted octanol–water partition coefficient (Wildman–Crippen LogP) is 3.68. The van der Waals surface area contributed by atoms with E-state index in [0.29, 0.717) is 39.3 Å². The molecule has 0 spiro atoms. The van der Waals surface area contributed by atoms with Gasteiger partial charge in [-0.15, -0.1) is 11.8 Å². The molecule has 1 saturated heterocycles. The van der Waals surface area contributed by atoms with E-state index in [0.717, 1.165) is 22.6 Å². The van der Waals surface area contributed by atoms with Gasteiger partial charge in [0.05, 0.1) is 7.11 Å². The molecule has 0 aromatic heterocycles. The summed E-state index contributed by atoms with van der Waals surface area (Å²) in [5, 5.41) is 0. The first-order valence-corrected chi connectivity index (χ1v) is 11.4. The Labute approximate surface area is 186 Å². The molecule has 2 aliphatic rings. The van der Waals surface area contributed by atoms with E-state index in [1.165, 1.54) is 4.90 Å². The number of amides is 3. The number of piperazine rings is 1. The molecule has 2 heterocycles. The SMILES string of the molecule is COc1ccc2c(c1)CN(C(=O)N1CCN(C(=O)OCc3ccccc3)CC1)CCS2. The topological polar surface area (TPSA) is 62.3 Å². The monoisotopic (exact) mass is 441 g/mol. The number of carbonyl (C=O) groups is 2. The average Bonchev–Trinajstić information content (AvgIpc) is 3.04. The largest absolute Gasteiger partial charge is 0.497 e. The van der Waals surface area contributed by atoms with E-state index in [9.17, 15) is 9.59 Å². The molecule has 2 aromatic rings. The van der Waals surface area contributed by atoms with E-state index in [-0.39, 0.29) is 18.7 Å². The number of carbonyl (C=O) groups excluding carboxylic acids is 2. The molecule has 4 rings (SSSR count). The Morgan fingerprint density at radius 2 is 1.68 bits per heavy atom. The molecule has 31 heavy (non-hydrogen) atoms. The van der Waals surface area contributed by atoms with Crippen molar-refractivity contribution in [2.75, 3.05) is 45.6 Å². The lowest BCUT2D eigenvalue weighted by Gasteiger charge is -2.36. The summed E-state index contributed by atoms with van der Waals surface area (Å²) >= 11 is 1.77. The minimum absolute atomic E-state index is 0.0218. The van der Waals surface area contributed by atoms with Crippen molar-refractivity contribution >= 4 is 23.9 Å². The zero-order valence-corrected chi connectivity index (χ0v) is 18.5. The molecule has 2 aliphatic heterocycles. The van der Waals surface area contributed by atoms with Crippen molar-refractivity contribution in [1.82, 2.24) is 14.7 Å². The molecule has 1 fully saturated rings. The van der Waals surface area contributed by atoms with Gasteiger partial charge in [-0.3, -0.25) is 0 Å². The van der Waals surface area contributed by atoms with Crippen LogP contribution < -0.4 is 4.74 Å². The van der Waals surface area contributed by atoms with Crippen LogP contribution in [0.2, 0.25) is 0 Å². The quantitative estimate of drug-likeness (QED) is 0.727.